The number of hydrogen-bond acceptors (Lipinski definition) is 6. The van der Waals surface area contributed by atoms with Crippen molar-refractivity contribution < 1.29 is 18.3 Å². The Labute approximate surface area is 153 Å². The first-order chi connectivity index (χ1) is 12.7. The monoisotopic (exact) mass is 373 g/mol. The molecular formula is C18H16FN3O3S. The predicted molar refractivity (Wildman–Crippen MR) is 95.4 cm³/mol. The molecule has 0 aliphatic carbocycles. The summed E-state index contributed by atoms with van der Waals surface area (Å²) in [5, 5.41) is 10.9. The molecular weight excluding hydrogens is 357 g/mol. The van der Waals surface area contributed by atoms with E-state index in [4.69, 9.17) is 9.15 Å². The number of aromatic nitrogens is 2. The Morgan fingerprint density at radius 3 is 2.65 bits per heavy atom. The van der Waals surface area contributed by atoms with Crippen molar-refractivity contribution in [2.75, 3.05) is 18.9 Å². The van der Waals surface area contributed by atoms with Crippen molar-refractivity contribution in [2.45, 2.75) is 5.22 Å². The number of carbonyl (C=O) groups excluding carboxylic acids is 1. The number of benzene rings is 2. The number of hydrogen-bond donors (Lipinski definition) is 1. The molecule has 0 radical (unpaired) electrons. The van der Waals surface area contributed by atoms with E-state index in [0.717, 1.165) is 5.56 Å². The van der Waals surface area contributed by atoms with Crippen LogP contribution in [0.1, 0.15) is 0 Å². The number of amides is 1. The Hall–Kier alpha value is -2.87. The minimum atomic E-state index is -0.320. The van der Waals surface area contributed by atoms with Gasteiger partial charge < -0.3 is 14.5 Å². The number of halogens is 1. The van der Waals surface area contributed by atoms with Gasteiger partial charge in [0.05, 0.1) is 12.3 Å². The van der Waals surface area contributed by atoms with Gasteiger partial charge in [0.25, 0.3) is 5.22 Å². The second-order valence-electron chi connectivity index (χ2n) is 5.18. The smallest absolute Gasteiger partial charge is 0.277 e. The van der Waals surface area contributed by atoms with Crippen molar-refractivity contribution in [2.24, 2.45) is 0 Å². The summed E-state index contributed by atoms with van der Waals surface area (Å²) in [5.74, 6) is 0.638. The third-order valence-corrected chi connectivity index (χ3v) is 4.08. The van der Waals surface area contributed by atoms with Crippen LogP contribution in [0.4, 0.5) is 4.39 Å². The Balaban J connectivity index is 1.36. The van der Waals surface area contributed by atoms with E-state index in [0.29, 0.717) is 30.0 Å². The predicted octanol–water partition coefficient (Wildman–Crippen LogP) is 3.16. The topological polar surface area (TPSA) is 77.2 Å². The normalized spacial score (nSPS) is 10.5. The lowest BCUT2D eigenvalue weighted by Crippen LogP contribution is -2.29. The van der Waals surface area contributed by atoms with Gasteiger partial charge in [-0.1, -0.05) is 30.0 Å². The highest BCUT2D eigenvalue weighted by Crippen LogP contribution is 2.22. The summed E-state index contributed by atoms with van der Waals surface area (Å²) in [5.41, 5.74) is 0.828. The molecule has 0 atom stereocenters. The third-order valence-electron chi connectivity index (χ3n) is 3.26. The quantitative estimate of drug-likeness (QED) is 0.483. The molecule has 0 unspecified atom stereocenters. The van der Waals surface area contributed by atoms with Crippen LogP contribution in [-0.4, -0.2) is 35.0 Å². The van der Waals surface area contributed by atoms with Gasteiger partial charge in [0.15, 0.2) is 0 Å². The number of nitrogens with one attached hydrogen (secondary N) is 1. The summed E-state index contributed by atoms with van der Waals surface area (Å²) >= 11 is 1.17. The maximum absolute atomic E-state index is 12.8. The van der Waals surface area contributed by atoms with E-state index in [2.05, 4.69) is 15.5 Å². The van der Waals surface area contributed by atoms with E-state index < -0.39 is 0 Å². The van der Waals surface area contributed by atoms with Gasteiger partial charge >= 0.3 is 0 Å². The molecule has 0 aliphatic heterocycles. The fraction of sp³-hybridized carbons (Fsp3) is 0.167. The molecule has 3 rings (SSSR count). The minimum absolute atomic E-state index is 0.160. The summed E-state index contributed by atoms with van der Waals surface area (Å²) in [4.78, 5) is 11.8. The molecule has 0 spiro atoms. The summed E-state index contributed by atoms with van der Waals surface area (Å²) in [6.45, 7) is 0.636. The fourth-order valence-corrected chi connectivity index (χ4v) is 2.63. The molecule has 0 fully saturated rings. The molecule has 6 nitrogen and oxygen atoms in total. The Morgan fingerprint density at radius 1 is 1.12 bits per heavy atom. The highest BCUT2D eigenvalue weighted by Gasteiger charge is 2.10. The average Bonchev–Trinajstić information content (AvgIpc) is 3.15. The van der Waals surface area contributed by atoms with Gasteiger partial charge in [-0.2, -0.15) is 0 Å². The summed E-state index contributed by atoms with van der Waals surface area (Å²) in [6.07, 6.45) is 0. The van der Waals surface area contributed by atoms with E-state index >= 15 is 0 Å². The average molecular weight is 373 g/mol. The van der Waals surface area contributed by atoms with E-state index in [9.17, 15) is 9.18 Å². The van der Waals surface area contributed by atoms with Crippen molar-refractivity contribution in [3.63, 3.8) is 0 Å². The second kappa shape index (κ2) is 9.00. The van der Waals surface area contributed by atoms with Crippen LogP contribution in [-0.2, 0) is 4.79 Å². The molecule has 0 aliphatic rings. The van der Waals surface area contributed by atoms with Crippen LogP contribution in [0.2, 0.25) is 0 Å². The first-order valence-corrected chi connectivity index (χ1v) is 8.86. The maximum atomic E-state index is 12.8. The highest BCUT2D eigenvalue weighted by molar-refractivity contribution is 7.99. The number of thioether (sulfide) groups is 1. The largest absolute Gasteiger partial charge is 0.492 e. The zero-order valence-electron chi connectivity index (χ0n) is 13.7. The molecule has 3 aromatic rings. The molecule has 0 saturated heterocycles. The Kier molecular flexibility index (Phi) is 6.21. The van der Waals surface area contributed by atoms with Crippen molar-refractivity contribution in [3.05, 3.63) is 60.4 Å². The van der Waals surface area contributed by atoms with Gasteiger partial charge in [0, 0.05) is 5.56 Å². The molecule has 0 bridgehead atoms. The summed E-state index contributed by atoms with van der Waals surface area (Å²) < 4.78 is 23.7. The third kappa shape index (κ3) is 5.32. The van der Waals surface area contributed by atoms with Crippen LogP contribution >= 0.6 is 11.8 Å². The number of carbonyl (C=O) groups is 1. The van der Waals surface area contributed by atoms with Gasteiger partial charge in [0.2, 0.25) is 11.8 Å². The van der Waals surface area contributed by atoms with Crippen molar-refractivity contribution in [1.82, 2.24) is 15.5 Å². The molecule has 0 saturated carbocycles. The zero-order valence-corrected chi connectivity index (χ0v) is 14.5. The molecule has 134 valence electrons. The molecule has 1 amide bonds. The van der Waals surface area contributed by atoms with Crippen LogP contribution in [0.15, 0.2) is 64.2 Å². The standard InChI is InChI=1S/C18H16FN3O3S/c19-14-6-8-15(9-7-14)24-11-10-20-16(23)12-26-18-22-21-17(25-18)13-4-2-1-3-5-13/h1-9H,10-12H2,(H,20,23). The van der Waals surface area contributed by atoms with Crippen LogP contribution in [0.3, 0.4) is 0 Å². The molecule has 2 aromatic carbocycles. The van der Waals surface area contributed by atoms with Gasteiger partial charge in [-0.15, -0.1) is 10.2 Å². The van der Waals surface area contributed by atoms with Gasteiger partial charge in [-0.3, -0.25) is 4.79 Å². The van der Waals surface area contributed by atoms with Crippen molar-refractivity contribution in [1.29, 1.82) is 0 Å². The lowest BCUT2D eigenvalue weighted by atomic mass is 10.2. The Morgan fingerprint density at radius 2 is 1.88 bits per heavy atom. The van der Waals surface area contributed by atoms with Gasteiger partial charge in [-0.05, 0) is 36.4 Å². The first-order valence-electron chi connectivity index (χ1n) is 7.87. The first kappa shape index (κ1) is 17.9. The number of rotatable bonds is 8. The van der Waals surface area contributed by atoms with E-state index in [1.165, 1.54) is 36.0 Å². The summed E-state index contributed by atoms with van der Waals surface area (Å²) in [6, 6.07) is 15.1. The SMILES string of the molecule is O=C(CSc1nnc(-c2ccccc2)o1)NCCOc1ccc(F)cc1. The summed E-state index contributed by atoms with van der Waals surface area (Å²) in [7, 11) is 0. The van der Waals surface area contributed by atoms with Crippen molar-refractivity contribution in [3.8, 4) is 17.2 Å². The van der Waals surface area contributed by atoms with Crippen molar-refractivity contribution >= 4 is 17.7 Å². The zero-order chi connectivity index (χ0) is 18.2. The van der Waals surface area contributed by atoms with E-state index in [1.807, 2.05) is 30.3 Å². The van der Waals surface area contributed by atoms with Crippen LogP contribution in [0.25, 0.3) is 11.5 Å². The lowest BCUT2D eigenvalue weighted by molar-refractivity contribution is -0.118. The van der Waals surface area contributed by atoms with E-state index in [1.54, 1.807) is 0 Å². The molecule has 8 heteroatoms. The maximum Gasteiger partial charge on any atom is 0.277 e. The molecule has 1 N–H and O–H groups in total. The van der Waals surface area contributed by atoms with Crippen LogP contribution < -0.4 is 10.1 Å². The lowest BCUT2D eigenvalue weighted by Gasteiger charge is -2.07. The molecule has 1 aromatic heterocycles. The number of nitrogens with zero attached hydrogens (tertiary/aromatic N) is 2. The van der Waals surface area contributed by atoms with Gasteiger partial charge in [-0.25, -0.2) is 4.39 Å². The molecule has 1 heterocycles. The number of ether oxygens (including phenoxy) is 1. The minimum Gasteiger partial charge on any atom is -0.492 e. The Bertz CT molecular complexity index is 840. The van der Waals surface area contributed by atoms with Crippen LogP contribution in [0, 0.1) is 5.82 Å². The van der Waals surface area contributed by atoms with Crippen LogP contribution in [0.5, 0.6) is 5.75 Å². The molecule has 26 heavy (non-hydrogen) atoms. The fourth-order valence-electron chi connectivity index (χ4n) is 2.03. The second-order valence-corrected chi connectivity index (χ2v) is 6.11. The van der Waals surface area contributed by atoms with Gasteiger partial charge in [0.1, 0.15) is 18.2 Å². The highest BCUT2D eigenvalue weighted by atomic mass is 32.2. The van der Waals surface area contributed by atoms with E-state index in [-0.39, 0.29) is 17.5 Å².